The molecule has 0 aliphatic heterocycles. The van der Waals surface area contributed by atoms with Crippen LogP contribution in [0.15, 0.2) is 39.7 Å². The van der Waals surface area contributed by atoms with Crippen molar-refractivity contribution in [1.29, 1.82) is 0 Å². The highest BCUT2D eigenvalue weighted by atomic mass is 79.9. The van der Waals surface area contributed by atoms with Crippen molar-refractivity contribution >= 4 is 27.5 Å². The van der Waals surface area contributed by atoms with Crippen LogP contribution < -0.4 is 16.2 Å². The molecule has 5 atom stereocenters. The van der Waals surface area contributed by atoms with Crippen molar-refractivity contribution in [2.24, 2.45) is 23.2 Å². The van der Waals surface area contributed by atoms with Gasteiger partial charge in [0, 0.05) is 6.04 Å². The van der Waals surface area contributed by atoms with E-state index in [1.54, 1.807) is 18.3 Å². The van der Waals surface area contributed by atoms with Gasteiger partial charge in [-0.1, -0.05) is 32.9 Å². The highest BCUT2D eigenvalue weighted by molar-refractivity contribution is 9.10. The van der Waals surface area contributed by atoms with Gasteiger partial charge < -0.3 is 10.6 Å². The number of carbonyl (C=O) groups excluding carboxylic acids is 1. The normalized spacial score (nSPS) is 26.7. The Morgan fingerprint density at radius 1 is 1.31 bits per heavy atom. The van der Waals surface area contributed by atoms with E-state index < -0.39 is 0 Å². The molecule has 2 aromatic rings. The zero-order valence-corrected chi connectivity index (χ0v) is 20.4. The van der Waals surface area contributed by atoms with Gasteiger partial charge in [0.05, 0.1) is 17.9 Å². The van der Waals surface area contributed by atoms with Gasteiger partial charge in [-0.25, -0.2) is 9.07 Å². The smallest absolute Gasteiger partial charge is 0.283 e. The first-order valence-corrected chi connectivity index (χ1v) is 11.9. The molecule has 2 N–H and O–H groups in total. The third kappa shape index (κ3) is 4.21. The van der Waals surface area contributed by atoms with E-state index >= 15 is 0 Å². The van der Waals surface area contributed by atoms with E-state index in [1.807, 2.05) is 6.92 Å². The van der Waals surface area contributed by atoms with Crippen LogP contribution in [0.25, 0.3) is 0 Å². The Morgan fingerprint density at radius 2 is 2.00 bits per heavy atom. The van der Waals surface area contributed by atoms with Crippen LogP contribution in [0.5, 0.6) is 0 Å². The van der Waals surface area contributed by atoms with Crippen molar-refractivity contribution < 1.29 is 9.18 Å². The molecule has 1 aromatic carbocycles. The van der Waals surface area contributed by atoms with Gasteiger partial charge in [-0.2, -0.15) is 5.10 Å². The molecule has 0 spiro atoms. The number of halogens is 2. The summed E-state index contributed by atoms with van der Waals surface area (Å²) in [5, 5.41) is 10.6. The van der Waals surface area contributed by atoms with Crippen LogP contribution in [-0.4, -0.2) is 21.7 Å². The largest absolute Gasteiger partial charge is 0.380 e. The maximum Gasteiger partial charge on any atom is 0.283 e. The van der Waals surface area contributed by atoms with Crippen LogP contribution in [0.3, 0.4) is 0 Å². The van der Waals surface area contributed by atoms with Crippen molar-refractivity contribution in [1.82, 2.24) is 15.1 Å². The topological polar surface area (TPSA) is 76.0 Å². The van der Waals surface area contributed by atoms with Crippen LogP contribution in [0.2, 0.25) is 0 Å². The molecule has 0 radical (unpaired) electrons. The fourth-order valence-corrected chi connectivity index (χ4v) is 5.90. The fraction of sp³-hybridized carbons (Fsp3) is 0.542. The molecule has 3 saturated carbocycles. The lowest BCUT2D eigenvalue weighted by atomic mass is 9.45. The Labute approximate surface area is 196 Å². The molecule has 1 heterocycles. The maximum atomic E-state index is 13.1. The molecule has 3 aliphatic carbocycles. The molecule has 5 rings (SSSR count). The zero-order chi connectivity index (χ0) is 23.2. The average Bonchev–Trinajstić information content (AvgIpc) is 2.74. The second kappa shape index (κ2) is 8.61. The van der Waals surface area contributed by atoms with E-state index in [2.05, 4.69) is 52.4 Å². The molecule has 3 aliphatic rings. The van der Waals surface area contributed by atoms with E-state index in [9.17, 15) is 14.0 Å². The van der Waals surface area contributed by atoms with Crippen molar-refractivity contribution in [2.45, 2.75) is 59.2 Å². The monoisotopic (exact) mass is 504 g/mol. The molecule has 6 nitrogen and oxygen atoms in total. The first-order chi connectivity index (χ1) is 15.1. The second-order valence-electron chi connectivity index (χ2n) is 9.88. The Bertz CT molecular complexity index is 1070. The summed E-state index contributed by atoms with van der Waals surface area (Å²) >= 11 is 3.41. The number of anilines is 1. The zero-order valence-electron chi connectivity index (χ0n) is 18.9. The molecule has 3 fully saturated rings. The van der Waals surface area contributed by atoms with E-state index in [4.69, 9.17) is 0 Å². The number of nitrogens with zero attached hydrogens (tertiary/aromatic N) is 2. The number of benzene rings is 1. The highest BCUT2D eigenvalue weighted by Crippen LogP contribution is 2.61. The Kier molecular flexibility index (Phi) is 6.18. The summed E-state index contributed by atoms with van der Waals surface area (Å²) in [4.78, 5) is 25.3. The quantitative estimate of drug-likeness (QED) is 0.606. The summed E-state index contributed by atoms with van der Waals surface area (Å²) < 4.78 is 14.6. The number of fused-ring (bicyclic) bond motifs is 2. The number of hydrogen-bond acceptors (Lipinski definition) is 4. The SMILES string of the molecule is CC(NC(=O)Cn1ncc(N[C@@H]2C[C@H]3C[C@@H]([C@H]2C)C3(C)C)c(Br)c1=O)c1ccc(F)cc1. The number of nitrogens with one attached hydrogen (secondary N) is 2. The third-order valence-electron chi connectivity index (χ3n) is 7.72. The van der Waals surface area contributed by atoms with Crippen LogP contribution in [0.4, 0.5) is 10.1 Å². The van der Waals surface area contributed by atoms with Crippen molar-refractivity contribution in [3.63, 3.8) is 0 Å². The lowest BCUT2D eigenvalue weighted by Gasteiger charge is -2.62. The molecule has 2 bridgehead atoms. The Hall–Kier alpha value is -2.22. The summed E-state index contributed by atoms with van der Waals surface area (Å²) in [5.41, 5.74) is 1.49. The molecule has 1 unspecified atom stereocenters. The molecule has 1 amide bonds. The lowest BCUT2D eigenvalue weighted by molar-refractivity contribution is -0.122. The summed E-state index contributed by atoms with van der Waals surface area (Å²) in [6.07, 6.45) is 3.99. The van der Waals surface area contributed by atoms with E-state index in [-0.39, 0.29) is 29.9 Å². The first-order valence-electron chi connectivity index (χ1n) is 11.1. The maximum absolute atomic E-state index is 13.1. The van der Waals surface area contributed by atoms with Gasteiger partial charge in [-0.05, 0) is 76.6 Å². The van der Waals surface area contributed by atoms with Crippen molar-refractivity contribution in [2.75, 3.05) is 5.32 Å². The third-order valence-corrected chi connectivity index (χ3v) is 8.49. The lowest BCUT2D eigenvalue weighted by Crippen LogP contribution is -2.58. The van der Waals surface area contributed by atoms with E-state index in [0.29, 0.717) is 39.4 Å². The number of aromatic nitrogens is 2. The molecule has 8 heteroatoms. The predicted octanol–water partition coefficient (Wildman–Crippen LogP) is 4.50. The molecule has 32 heavy (non-hydrogen) atoms. The Balaban J connectivity index is 1.40. The van der Waals surface area contributed by atoms with Gasteiger partial charge in [0.25, 0.3) is 5.56 Å². The standard InChI is InChI=1S/C24H30BrFN4O2/c1-13-18-9-16(24(18,3)4)10-19(13)29-20-11-27-30(23(32)22(20)25)12-21(31)28-14(2)15-5-7-17(26)8-6-15/h5-8,11,13-14,16,18-19,29H,9-10,12H2,1-4H3,(H,28,31)/t13-,14?,16-,18+,19-/m1/s1. The van der Waals surface area contributed by atoms with Crippen LogP contribution in [0, 0.1) is 29.0 Å². The minimum Gasteiger partial charge on any atom is -0.380 e. The number of hydrogen-bond donors (Lipinski definition) is 2. The number of rotatable bonds is 6. The van der Waals surface area contributed by atoms with Crippen molar-refractivity contribution in [3.8, 4) is 0 Å². The van der Waals surface area contributed by atoms with Crippen molar-refractivity contribution in [3.05, 3.63) is 56.7 Å². The Morgan fingerprint density at radius 3 is 2.62 bits per heavy atom. The summed E-state index contributed by atoms with van der Waals surface area (Å²) in [7, 11) is 0. The van der Waals surface area contributed by atoms with E-state index in [0.717, 1.165) is 16.7 Å². The minimum atomic E-state index is -0.353. The first kappa shape index (κ1) is 23.0. The van der Waals surface area contributed by atoms with Crippen LogP contribution in [0.1, 0.15) is 52.1 Å². The van der Waals surface area contributed by atoms with Gasteiger partial charge in [0.1, 0.15) is 16.8 Å². The summed E-state index contributed by atoms with van der Waals surface area (Å²) in [5.74, 6) is 1.25. The second-order valence-corrected chi connectivity index (χ2v) is 10.7. The minimum absolute atomic E-state index is 0.193. The molecule has 1 aromatic heterocycles. The summed E-state index contributed by atoms with van der Waals surface area (Å²) in [6.45, 7) is 8.62. The molecule has 172 valence electrons. The van der Waals surface area contributed by atoms with Gasteiger partial charge in [-0.15, -0.1) is 0 Å². The van der Waals surface area contributed by atoms with Gasteiger partial charge >= 0.3 is 0 Å². The summed E-state index contributed by atoms with van der Waals surface area (Å²) in [6, 6.07) is 5.94. The fourth-order valence-electron chi connectivity index (χ4n) is 5.48. The molecular weight excluding hydrogens is 475 g/mol. The number of carbonyl (C=O) groups is 1. The molecule has 0 saturated heterocycles. The van der Waals surface area contributed by atoms with Gasteiger partial charge in [-0.3, -0.25) is 9.59 Å². The molecular formula is C24H30BrFN4O2. The van der Waals surface area contributed by atoms with Gasteiger partial charge in [0.2, 0.25) is 5.91 Å². The van der Waals surface area contributed by atoms with E-state index in [1.165, 1.54) is 18.6 Å². The predicted molar refractivity (Wildman–Crippen MR) is 126 cm³/mol. The highest BCUT2D eigenvalue weighted by Gasteiger charge is 2.56. The average molecular weight is 505 g/mol. The van der Waals surface area contributed by atoms with Gasteiger partial charge in [0.15, 0.2) is 0 Å². The van der Waals surface area contributed by atoms with Crippen LogP contribution in [-0.2, 0) is 11.3 Å². The van der Waals surface area contributed by atoms with Crippen LogP contribution >= 0.6 is 15.9 Å². The number of amides is 1.